The number of nitrogens with one attached hydrogen (secondary N) is 2. The molecule has 318 valence electrons. The van der Waals surface area contributed by atoms with Crippen LogP contribution in [-0.4, -0.2) is 146 Å². The number of nitrogens with zero attached hydrogens (tertiary/aromatic N) is 10. The van der Waals surface area contributed by atoms with Gasteiger partial charge >= 0.3 is 0 Å². The Bertz CT molecular complexity index is 2280. The SMILES string of the molecule is N[C@@H]1C[C@@H](F)CN(c2ccn3ncc(C(=O)Nc4cn(C5CCN(CCN6CCN(c7ccc8c(c7)CN(C7CCC(=O)NC7=O)C8=O)CC6)CC5)nc4C(F)F)c3n2)C1. The molecule has 9 rings (SSSR count). The Hall–Kier alpha value is -5.60. The molecule has 1 aromatic carbocycles. The van der Waals surface area contributed by atoms with Crippen LogP contribution >= 0.6 is 0 Å². The van der Waals surface area contributed by atoms with E-state index in [1.54, 1.807) is 26.7 Å². The Balaban J connectivity index is 0.755. The van der Waals surface area contributed by atoms with Gasteiger partial charge in [0.2, 0.25) is 11.8 Å². The zero-order chi connectivity index (χ0) is 41.7. The summed E-state index contributed by atoms with van der Waals surface area (Å²) in [5.41, 5.74) is 8.27. The minimum atomic E-state index is -2.91. The summed E-state index contributed by atoms with van der Waals surface area (Å²) in [6.45, 7) is 7.64. The average molecular weight is 832 g/mol. The second kappa shape index (κ2) is 16.5. The highest BCUT2D eigenvalue weighted by Gasteiger charge is 2.39. The highest BCUT2D eigenvalue weighted by atomic mass is 19.3. The first-order valence-corrected chi connectivity index (χ1v) is 20.6. The summed E-state index contributed by atoms with van der Waals surface area (Å²) in [5, 5.41) is 13.4. The number of rotatable bonds is 10. The Morgan fingerprint density at radius 2 is 1.73 bits per heavy atom. The third-order valence-electron chi connectivity index (χ3n) is 12.5. The summed E-state index contributed by atoms with van der Waals surface area (Å²) in [4.78, 5) is 65.7. The third kappa shape index (κ3) is 8.02. The van der Waals surface area contributed by atoms with Crippen molar-refractivity contribution in [3.8, 4) is 0 Å². The predicted molar refractivity (Wildman–Crippen MR) is 214 cm³/mol. The number of carbonyl (C=O) groups excluding carboxylic acids is 4. The van der Waals surface area contributed by atoms with Gasteiger partial charge in [0.25, 0.3) is 18.2 Å². The molecule has 5 aliphatic heterocycles. The largest absolute Gasteiger partial charge is 0.369 e. The molecule has 8 heterocycles. The van der Waals surface area contributed by atoms with Gasteiger partial charge in [0.15, 0.2) is 11.3 Å². The lowest BCUT2D eigenvalue weighted by atomic mass is 10.0. The predicted octanol–water partition coefficient (Wildman–Crippen LogP) is 2.21. The number of alkyl halides is 3. The first kappa shape index (κ1) is 39.8. The van der Waals surface area contributed by atoms with Crippen molar-refractivity contribution in [3.63, 3.8) is 0 Å². The molecule has 4 N–H and O–H groups in total. The van der Waals surface area contributed by atoms with Crippen LogP contribution in [0.5, 0.6) is 0 Å². The van der Waals surface area contributed by atoms with E-state index in [4.69, 9.17) is 5.73 Å². The smallest absolute Gasteiger partial charge is 0.284 e. The second-order valence-corrected chi connectivity index (χ2v) is 16.4. The fraction of sp³-hybridized carbons (Fsp3) is 0.525. The van der Waals surface area contributed by atoms with Crippen molar-refractivity contribution in [2.45, 2.75) is 69.4 Å². The molecule has 0 saturated carbocycles. The Labute approximate surface area is 343 Å². The number of carbonyl (C=O) groups is 4. The summed E-state index contributed by atoms with van der Waals surface area (Å²) in [5.74, 6) is -1.11. The van der Waals surface area contributed by atoms with E-state index in [2.05, 4.69) is 40.5 Å². The molecule has 20 heteroatoms. The van der Waals surface area contributed by atoms with Gasteiger partial charge in [-0.2, -0.15) is 10.2 Å². The number of piperazine rings is 1. The first-order valence-electron chi connectivity index (χ1n) is 20.6. The Morgan fingerprint density at radius 3 is 2.47 bits per heavy atom. The number of halogens is 3. The summed E-state index contributed by atoms with van der Waals surface area (Å²) in [7, 11) is 0. The van der Waals surface area contributed by atoms with Crippen molar-refractivity contribution in [2.24, 2.45) is 5.73 Å². The van der Waals surface area contributed by atoms with Crippen LogP contribution in [0.4, 0.5) is 30.4 Å². The van der Waals surface area contributed by atoms with Crippen molar-refractivity contribution < 1.29 is 32.3 Å². The molecular formula is C40H48F3N13O4. The number of anilines is 3. The van der Waals surface area contributed by atoms with E-state index >= 15 is 0 Å². The summed E-state index contributed by atoms with van der Waals surface area (Å²) in [6.07, 6.45) is 2.66. The molecule has 0 spiro atoms. The van der Waals surface area contributed by atoms with Gasteiger partial charge in [0, 0.05) is 102 Å². The van der Waals surface area contributed by atoms with Gasteiger partial charge in [0.05, 0.1) is 24.5 Å². The summed E-state index contributed by atoms with van der Waals surface area (Å²) >= 11 is 0. The van der Waals surface area contributed by atoms with Crippen molar-refractivity contribution in [1.82, 2.24) is 44.4 Å². The molecule has 0 aliphatic carbocycles. The van der Waals surface area contributed by atoms with Gasteiger partial charge in [-0.25, -0.2) is 22.7 Å². The van der Waals surface area contributed by atoms with E-state index < -0.39 is 36.1 Å². The number of fused-ring (bicyclic) bond motifs is 2. The number of likely N-dealkylation sites (tertiary alicyclic amines) is 1. The maximum atomic E-state index is 14.3. The Morgan fingerprint density at radius 1 is 0.967 bits per heavy atom. The number of nitrogens with two attached hydrogens (primary N) is 1. The van der Waals surface area contributed by atoms with E-state index in [9.17, 15) is 32.3 Å². The molecule has 4 fully saturated rings. The van der Waals surface area contributed by atoms with Crippen molar-refractivity contribution in [3.05, 3.63) is 65.2 Å². The number of aromatic nitrogens is 5. The van der Waals surface area contributed by atoms with Gasteiger partial charge in [-0.1, -0.05) is 0 Å². The molecule has 4 amide bonds. The van der Waals surface area contributed by atoms with E-state index in [1.807, 2.05) is 18.2 Å². The first-order chi connectivity index (χ1) is 29.0. The topological polar surface area (TPSA) is 183 Å². The van der Waals surface area contributed by atoms with Crippen LogP contribution in [0, 0.1) is 0 Å². The number of imide groups is 1. The fourth-order valence-electron chi connectivity index (χ4n) is 9.17. The summed E-state index contributed by atoms with van der Waals surface area (Å²) < 4.78 is 45.7. The minimum absolute atomic E-state index is 0.0723. The van der Waals surface area contributed by atoms with E-state index in [1.165, 1.54) is 16.9 Å². The lowest BCUT2D eigenvalue weighted by molar-refractivity contribution is -0.136. The van der Waals surface area contributed by atoms with Crippen LogP contribution in [0.2, 0.25) is 0 Å². The molecule has 0 bridgehead atoms. The molecule has 1 unspecified atom stereocenters. The van der Waals surface area contributed by atoms with Crippen molar-refractivity contribution in [2.75, 3.05) is 80.6 Å². The minimum Gasteiger partial charge on any atom is -0.369 e. The lowest BCUT2D eigenvalue weighted by Gasteiger charge is -2.38. The maximum Gasteiger partial charge on any atom is 0.284 e. The molecule has 5 aliphatic rings. The van der Waals surface area contributed by atoms with Gasteiger partial charge in [-0.3, -0.25) is 34.1 Å². The molecule has 4 aromatic rings. The standard InChI is InChI=1S/C40H48F3N13O4/c41-25-18-26(44)22-53(21-25)33-7-10-55-37(47-33)30(19-45-55)38(58)46-31-23-56(49-35(31)36(42)43)27-5-8-50(9-6-27)11-12-51-13-15-52(16-14-51)28-1-2-29-24(17-28)20-54(40(29)60)32-3-4-34(57)48-39(32)59/h1-2,7,10,17,19,23,25-27,32,36H,3-6,8-9,11-16,18,20-22,44H2,(H,46,58)(H,48,57,59)/t25-,26-,32?/m1/s1. The Kier molecular flexibility index (Phi) is 10.9. The zero-order valence-corrected chi connectivity index (χ0v) is 33.1. The highest BCUT2D eigenvalue weighted by Crippen LogP contribution is 2.33. The fourth-order valence-corrected chi connectivity index (χ4v) is 9.17. The van der Waals surface area contributed by atoms with Crippen LogP contribution in [0.1, 0.15) is 76.5 Å². The molecule has 17 nitrogen and oxygen atoms in total. The molecule has 4 saturated heterocycles. The molecular weight excluding hydrogens is 784 g/mol. The number of amides is 4. The zero-order valence-electron chi connectivity index (χ0n) is 33.1. The number of hydrogen-bond acceptors (Lipinski definition) is 12. The molecule has 0 radical (unpaired) electrons. The number of hydrogen-bond donors (Lipinski definition) is 3. The maximum absolute atomic E-state index is 14.3. The van der Waals surface area contributed by atoms with Crippen LogP contribution in [0.3, 0.4) is 0 Å². The van der Waals surface area contributed by atoms with E-state index in [0.29, 0.717) is 43.7 Å². The van der Waals surface area contributed by atoms with Gasteiger partial charge in [-0.05, 0) is 55.5 Å². The lowest BCUT2D eigenvalue weighted by Crippen LogP contribution is -2.52. The summed E-state index contributed by atoms with van der Waals surface area (Å²) in [6, 6.07) is 6.43. The quantitative estimate of drug-likeness (QED) is 0.199. The van der Waals surface area contributed by atoms with Crippen LogP contribution in [-0.2, 0) is 16.1 Å². The van der Waals surface area contributed by atoms with Crippen LogP contribution in [0.15, 0.2) is 42.9 Å². The number of piperidine rings is 3. The normalized spacial score (nSPS) is 23.5. The van der Waals surface area contributed by atoms with E-state index in [0.717, 1.165) is 63.6 Å². The van der Waals surface area contributed by atoms with Crippen molar-refractivity contribution >= 4 is 46.5 Å². The molecule has 60 heavy (non-hydrogen) atoms. The van der Waals surface area contributed by atoms with Gasteiger partial charge in [-0.15, -0.1) is 0 Å². The second-order valence-electron chi connectivity index (χ2n) is 16.4. The number of benzene rings is 1. The van der Waals surface area contributed by atoms with Crippen LogP contribution in [0.25, 0.3) is 5.65 Å². The third-order valence-corrected chi connectivity index (χ3v) is 12.5. The van der Waals surface area contributed by atoms with Gasteiger partial charge < -0.3 is 30.7 Å². The monoisotopic (exact) mass is 831 g/mol. The molecule has 3 aromatic heterocycles. The van der Waals surface area contributed by atoms with Crippen molar-refractivity contribution in [1.29, 1.82) is 0 Å². The van der Waals surface area contributed by atoms with E-state index in [-0.39, 0.29) is 60.2 Å². The van der Waals surface area contributed by atoms with Gasteiger partial charge in [0.1, 0.15) is 23.6 Å². The highest BCUT2D eigenvalue weighted by molar-refractivity contribution is 6.08. The molecule has 3 atom stereocenters. The average Bonchev–Trinajstić information content (AvgIpc) is 3.95. The van der Waals surface area contributed by atoms with Crippen LogP contribution < -0.4 is 26.2 Å².